The Morgan fingerprint density at radius 3 is 2.93 bits per heavy atom. The van der Waals surface area contributed by atoms with Gasteiger partial charge in [-0.15, -0.1) is 0 Å². The summed E-state index contributed by atoms with van der Waals surface area (Å²) in [5, 5.41) is 4.50. The van der Waals surface area contributed by atoms with Crippen molar-refractivity contribution < 1.29 is 14.3 Å². The van der Waals surface area contributed by atoms with Crippen molar-refractivity contribution in [3.63, 3.8) is 0 Å². The molecule has 1 aromatic heterocycles. The summed E-state index contributed by atoms with van der Waals surface area (Å²) >= 11 is 0. The van der Waals surface area contributed by atoms with E-state index in [1.165, 1.54) is 17.4 Å². The topological polar surface area (TPSA) is 66.6 Å². The highest BCUT2D eigenvalue weighted by atomic mass is 16.5. The van der Waals surface area contributed by atoms with Crippen LogP contribution in [0.2, 0.25) is 0 Å². The number of carbonyl (C=O) groups is 1. The zero-order valence-electron chi connectivity index (χ0n) is 18.1. The van der Waals surface area contributed by atoms with Gasteiger partial charge in [-0.25, -0.2) is 0 Å². The zero-order chi connectivity index (χ0) is 20.7. The highest BCUT2D eigenvalue weighted by Gasteiger charge is 2.62. The number of benzene rings is 1. The van der Waals surface area contributed by atoms with Crippen LogP contribution < -0.4 is 5.32 Å². The molecule has 1 saturated carbocycles. The lowest BCUT2D eigenvalue weighted by atomic mass is 9.56. The summed E-state index contributed by atoms with van der Waals surface area (Å²) in [5.74, 6) is 1.18. The molecule has 1 aliphatic carbocycles. The molecule has 0 radical (unpaired) electrons. The van der Waals surface area contributed by atoms with Crippen molar-refractivity contribution in [3.8, 4) is 0 Å². The number of hydrogen-bond acceptors (Lipinski definition) is 4. The number of piperidine rings is 2. The fourth-order valence-electron chi connectivity index (χ4n) is 6.70. The maximum Gasteiger partial charge on any atom is 0.233 e. The van der Waals surface area contributed by atoms with Crippen LogP contribution in [0.4, 0.5) is 0 Å². The minimum absolute atomic E-state index is 0.163. The van der Waals surface area contributed by atoms with Gasteiger partial charge in [-0.2, -0.15) is 0 Å². The molecule has 4 heterocycles. The Morgan fingerprint density at radius 1 is 1.27 bits per heavy atom. The summed E-state index contributed by atoms with van der Waals surface area (Å²) in [5.41, 5.74) is 3.12. The monoisotopic (exact) mass is 411 g/mol. The molecule has 1 amide bonds. The highest BCUT2D eigenvalue weighted by Crippen LogP contribution is 2.55. The Hall–Kier alpha value is -1.89. The quantitative estimate of drug-likeness (QED) is 0.687. The van der Waals surface area contributed by atoms with Gasteiger partial charge < -0.3 is 19.8 Å². The number of nitrogens with zero attached hydrogens (tertiary/aromatic N) is 1. The normalized spacial score (nSPS) is 32.1. The molecule has 1 unspecified atom stereocenters. The van der Waals surface area contributed by atoms with E-state index in [1.807, 2.05) is 0 Å². The highest BCUT2D eigenvalue weighted by molar-refractivity contribution is 5.94. The van der Waals surface area contributed by atoms with Crippen LogP contribution in [0.25, 0.3) is 10.9 Å². The molecule has 2 aromatic rings. The molecule has 0 spiro atoms. The fourth-order valence-corrected chi connectivity index (χ4v) is 6.70. The van der Waals surface area contributed by atoms with Crippen molar-refractivity contribution >= 4 is 16.8 Å². The average molecular weight is 412 g/mol. The number of methoxy groups -OCH3 is 2. The second-order valence-electron chi connectivity index (χ2n) is 9.28. The zero-order valence-corrected chi connectivity index (χ0v) is 18.1. The number of aromatic nitrogens is 1. The Kier molecular flexibility index (Phi) is 5.33. The summed E-state index contributed by atoms with van der Waals surface area (Å²) in [6.07, 6.45) is 4.13. The Labute approximate surface area is 178 Å². The first-order chi connectivity index (χ1) is 14.7. The van der Waals surface area contributed by atoms with Crippen molar-refractivity contribution in [2.75, 3.05) is 47.1 Å². The molecule has 6 nitrogen and oxygen atoms in total. The van der Waals surface area contributed by atoms with Crippen LogP contribution in [0.15, 0.2) is 24.3 Å². The molecule has 2 N–H and O–H groups in total. The number of rotatable bonds is 7. The van der Waals surface area contributed by atoms with E-state index in [0.717, 1.165) is 50.2 Å². The molecule has 3 fully saturated rings. The lowest BCUT2D eigenvalue weighted by Gasteiger charge is -2.58. The molecule has 30 heavy (non-hydrogen) atoms. The number of hydrogen-bond donors (Lipinski definition) is 2. The predicted molar refractivity (Wildman–Crippen MR) is 117 cm³/mol. The first kappa shape index (κ1) is 20.0. The standard InChI is InChI=1S/C24H33N3O3/c1-29-11-8-17-13-16-14-24(23(28)25-9-12-30-2)21-19(7-10-27(15-16)22(17)24)18-5-3-4-6-20(18)26-21/h3-6,16-17,22,26H,7-15H2,1-2H3,(H,25,28)/t16-,17+,22+,24-/m1/s1. The van der Waals surface area contributed by atoms with Crippen LogP contribution in [0.3, 0.4) is 0 Å². The van der Waals surface area contributed by atoms with Gasteiger partial charge in [-0.3, -0.25) is 9.69 Å². The van der Waals surface area contributed by atoms with Gasteiger partial charge in [0.15, 0.2) is 0 Å². The Morgan fingerprint density at radius 2 is 2.10 bits per heavy atom. The molecule has 4 bridgehead atoms. The van der Waals surface area contributed by atoms with Crippen LogP contribution in [0, 0.1) is 11.8 Å². The number of ether oxygens (including phenoxy) is 2. The molecule has 1 aromatic carbocycles. The minimum atomic E-state index is -0.530. The van der Waals surface area contributed by atoms with Crippen molar-refractivity contribution in [1.82, 2.24) is 15.2 Å². The molecule has 5 atom stereocenters. The van der Waals surface area contributed by atoms with Crippen LogP contribution >= 0.6 is 0 Å². The smallest absolute Gasteiger partial charge is 0.233 e. The third-order valence-electron chi connectivity index (χ3n) is 7.68. The molecule has 3 aliphatic heterocycles. The third kappa shape index (κ3) is 3.00. The van der Waals surface area contributed by atoms with Gasteiger partial charge >= 0.3 is 0 Å². The van der Waals surface area contributed by atoms with Gasteiger partial charge in [-0.05, 0) is 49.1 Å². The summed E-state index contributed by atoms with van der Waals surface area (Å²) in [4.78, 5) is 20.3. The second kappa shape index (κ2) is 7.98. The van der Waals surface area contributed by atoms with Crippen LogP contribution in [-0.4, -0.2) is 68.9 Å². The van der Waals surface area contributed by atoms with Crippen LogP contribution in [0.1, 0.15) is 30.5 Å². The molecular weight excluding hydrogens is 378 g/mol. The van der Waals surface area contributed by atoms with Crippen LogP contribution in [-0.2, 0) is 26.1 Å². The summed E-state index contributed by atoms with van der Waals surface area (Å²) in [6, 6.07) is 8.74. The van der Waals surface area contributed by atoms with E-state index in [1.54, 1.807) is 14.2 Å². The van der Waals surface area contributed by atoms with Crippen LogP contribution in [0.5, 0.6) is 0 Å². The van der Waals surface area contributed by atoms with Gasteiger partial charge in [0.1, 0.15) is 5.41 Å². The second-order valence-corrected chi connectivity index (χ2v) is 9.28. The van der Waals surface area contributed by atoms with E-state index in [0.29, 0.717) is 25.0 Å². The number of para-hydroxylation sites is 1. The average Bonchev–Trinajstić information content (AvgIpc) is 3.10. The van der Waals surface area contributed by atoms with E-state index >= 15 is 0 Å². The van der Waals surface area contributed by atoms with E-state index in [9.17, 15) is 4.79 Å². The van der Waals surface area contributed by atoms with Crippen molar-refractivity contribution in [2.45, 2.75) is 37.1 Å². The lowest BCUT2D eigenvalue weighted by molar-refractivity contribution is -0.142. The fraction of sp³-hybridized carbons (Fsp3) is 0.625. The minimum Gasteiger partial charge on any atom is -0.385 e. The molecule has 2 saturated heterocycles. The van der Waals surface area contributed by atoms with Crippen molar-refractivity contribution in [1.29, 1.82) is 0 Å². The summed E-state index contributed by atoms with van der Waals surface area (Å²) in [7, 11) is 3.45. The van der Waals surface area contributed by atoms with Gasteiger partial charge in [0, 0.05) is 63.1 Å². The van der Waals surface area contributed by atoms with E-state index in [-0.39, 0.29) is 11.9 Å². The predicted octanol–water partition coefficient (Wildman–Crippen LogP) is 2.47. The number of nitrogens with one attached hydrogen (secondary N) is 2. The third-order valence-corrected chi connectivity index (χ3v) is 7.68. The maximum absolute atomic E-state index is 14.0. The van der Waals surface area contributed by atoms with Gasteiger partial charge in [0.05, 0.1) is 6.61 Å². The summed E-state index contributed by atoms with van der Waals surface area (Å²) in [6.45, 7) is 3.97. The summed E-state index contributed by atoms with van der Waals surface area (Å²) < 4.78 is 10.7. The van der Waals surface area contributed by atoms with Crippen molar-refractivity contribution in [3.05, 3.63) is 35.5 Å². The van der Waals surface area contributed by atoms with Gasteiger partial charge in [0.2, 0.25) is 5.91 Å². The number of aromatic amines is 1. The van der Waals surface area contributed by atoms with Gasteiger partial charge in [0.25, 0.3) is 0 Å². The van der Waals surface area contributed by atoms with E-state index in [4.69, 9.17) is 9.47 Å². The Balaban J connectivity index is 1.65. The molecular formula is C24H33N3O3. The lowest BCUT2D eigenvalue weighted by Crippen LogP contribution is -2.69. The molecule has 4 aliphatic rings. The van der Waals surface area contributed by atoms with E-state index in [2.05, 4.69) is 39.5 Å². The van der Waals surface area contributed by atoms with Gasteiger partial charge in [-0.1, -0.05) is 18.2 Å². The largest absolute Gasteiger partial charge is 0.385 e. The SMILES string of the molecule is COCCNC(=O)[C@@]12C[C@H]3C[C@H](CCOC)[C@@H]1N(CCc1c2[nH]c2ccccc12)C3. The molecule has 6 rings (SSSR count). The molecule has 162 valence electrons. The van der Waals surface area contributed by atoms with Crippen molar-refractivity contribution in [2.24, 2.45) is 11.8 Å². The number of carbonyl (C=O) groups excluding carboxylic acids is 1. The van der Waals surface area contributed by atoms with E-state index < -0.39 is 5.41 Å². The first-order valence-electron chi connectivity index (χ1n) is 11.3. The maximum atomic E-state index is 14.0. The first-order valence-corrected chi connectivity index (χ1v) is 11.3. The number of H-pyrrole nitrogens is 1. The number of fused-ring (bicyclic) bond motifs is 4. The number of amides is 1. The molecule has 6 heteroatoms. The Bertz CT molecular complexity index is 926.